The second-order valence-corrected chi connectivity index (χ2v) is 5.11. The highest BCUT2D eigenvalue weighted by Crippen LogP contribution is 2.33. The lowest BCUT2D eigenvalue weighted by Gasteiger charge is -2.29. The molecule has 0 aliphatic heterocycles. The fourth-order valence-corrected chi connectivity index (χ4v) is 2.02. The molecule has 1 aromatic carbocycles. The molecule has 0 aromatic heterocycles. The van der Waals surface area contributed by atoms with Crippen LogP contribution >= 0.6 is 0 Å². The largest absolute Gasteiger partial charge is 0.369 e. The number of rotatable bonds is 5. The first kappa shape index (κ1) is 12.8. The van der Waals surface area contributed by atoms with Crippen molar-refractivity contribution in [2.24, 2.45) is 5.92 Å². The molecule has 0 spiro atoms. The van der Waals surface area contributed by atoms with E-state index in [0.717, 1.165) is 12.6 Å². The van der Waals surface area contributed by atoms with Crippen LogP contribution in [-0.4, -0.2) is 17.5 Å². The van der Waals surface area contributed by atoms with Crippen LogP contribution in [-0.2, 0) is 0 Å². The minimum Gasteiger partial charge on any atom is -0.369 e. The van der Waals surface area contributed by atoms with Crippen LogP contribution in [0.25, 0.3) is 0 Å². The van der Waals surface area contributed by atoms with Gasteiger partial charge in [0.25, 0.3) is 5.69 Å². The van der Waals surface area contributed by atoms with Gasteiger partial charge >= 0.3 is 0 Å². The summed E-state index contributed by atoms with van der Waals surface area (Å²) in [5.41, 5.74) is 0.412. The molecule has 5 heteroatoms. The first-order valence-corrected chi connectivity index (χ1v) is 6.19. The molecule has 1 aliphatic carbocycles. The van der Waals surface area contributed by atoms with E-state index in [-0.39, 0.29) is 11.7 Å². The second kappa shape index (κ2) is 4.92. The van der Waals surface area contributed by atoms with Gasteiger partial charge in [-0.25, -0.2) is 4.39 Å². The molecule has 0 atom stereocenters. The van der Waals surface area contributed by atoms with Crippen molar-refractivity contribution in [2.75, 3.05) is 11.4 Å². The monoisotopic (exact) mass is 252 g/mol. The molecule has 18 heavy (non-hydrogen) atoms. The van der Waals surface area contributed by atoms with Gasteiger partial charge in [0.1, 0.15) is 5.82 Å². The summed E-state index contributed by atoms with van der Waals surface area (Å²) in [5, 5.41) is 10.8. The average molecular weight is 252 g/mol. The fraction of sp³-hybridized carbons (Fsp3) is 0.538. The van der Waals surface area contributed by atoms with Gasteiger partial charge in [-0.05, 0) is 38.7 Å². The van der Waals surface area contributed by atoms with Gasteiger partial charge in [0.05, 0.1) is 11.0 Å². The van der Waals surface area contributed by atoms with Crippen LogP contribution in [0.2, 0.25) is 0 Å². The van der Waals surface area contributed by atoms with Gasteiger partial charge in [-0.15, -0.1) is 0 Å². The molecule has 1 aromatic rings. The molecule has 2 rings (SSSR count). The van der Waals surface area contributed by atoms with Crippen LogP contribution in [0.4, 0.5) is 15.8 Å². The Balaban J connectivity index is 2.30. The molecule has 0 amide bonds. The molecule has 1 fully saturated rings. The Kier molecular flexibility index (Phi) is 3.50. The number of non-ortho nitro benzene ring substituents is 1. The minimum absolute atomic E-state index is 0.188. The number of nitro benzene ring substituents is 1. The van der Waals surface area contributed by atoms with Gasteiger partial charge in [-0.1, -0.05) is 0 Å². The molecular weight excluding hydrogens is 235 g/mol. The third-order valence-corrected chi connectivity index (χ3v) is 3.18. The summed E-state index contributed by atoms with van der Waals surface area (Å²) in [7, 11) is 0. The van der Waals surface area contributed by atoms with E-state index >= 15 is 0 Å². The van der Waals surface area contributed by atoms with E-state index in [2.05, 4.69) is 0 Å². The molecule has 1 aliphatic rings. The molecule has 0 bridgehead atoms. The molecule has 0 unspecified atom stereocenters. The lowest BCUT2D eigenvalue weighted by Crippen LogP contribution is -2.32. The van der Waals surface area contributed by atoms with E-state index in [0.29, 0.717) is 11.6 Å². The molecule has 0 N–H and O–H groups in total. The Bertz CT molecular complexity index is 458. The Morgan fingerprint density at radius 2 is 2.11 bits per heavy atom. The Labute approximate surface area is 106 Å². The number of nitrogens with zero attached hydrogens (tertiary/aromatic N) is 2. The van der Waals surface area contributed by atoms with Gasteiger partial charge in [0, 0.05) is 24.3 Å². The smallest absolute Gasteiger partial charge is 0.274 e. The Morgan fingerprint density at radius 3 is 2.61 bits per heavy atom. The fourth-order valence-electron chi connectivity index (χ4n) is 2.02. The summed E-state index contributed by atoms with van der Waals surface area (Å²) in [6.45, 7) is 4.87. The van der Waals surface area contributed by atoms with Gasteiger partial charge in [0.2, 0.25) is 0 Å². The van der Waals surface area contributed by atoms with Crippen molar-refractivity contribution >= 4 is 11.4 Å². The zero-order valence-corrected chi connectivity index (χ0v) is 10.6. The maximum atomic E-state index is 13.4. The van der Waals surface area contributed by atoms with Crippen LogP contribution in [0.1, 0.15) is 26.7 Å². The summed E-state index contributed by atoms with van der Waals surface area (Å²) in [5.74, 6) is 0.0929. The maximum absolute atomic E-state index is 13.4. The molecule has 4 nitrogen and oxygen atoms in total. The number of anilines is 1. The number of benzene rings is 1. The molecule has 0 radical (unpaired) electrons. The van der Waals surface area contributed by atoms with Crippen molar-refractivity contribution in [2.45, 2.75) is 32.7 Å². The number of halogens is 1. The molecule has 0 heterocycles. The van der Waals surface area contributed by atoms with Gasteiger partial charge in [-0.3, -0.25) is 10.1 Å². The zero-order chi connectivity index (χ0) is 13.3. The van der Waals surface area contributed by atoms with Crippen molar-refractivity contribution in [3.63, 3.8) is 0 Å². The highest BCUT2D eigenvalue weighted by Gasteiger charge is 2.26. The van der Waals surface area contributed by atoms with Crippen molar-refractivity contribution in [3.05, 3.63) is 34.1 Å². The highest BCUT2D eigenvalue weighted by molar-refractivity contribution is 5.54. The average Bonchev–Trinajstić information content (AvgIpc) is 3.08. The van der Waals surface area contributed by atoms with Gasteiger partial charge in [0.15, 0.2) is 0 Å². The maximum Gasteiger partial charge on any atom is 0.274 e. The first-order valence-electron chi connectivity index (χ1n) is 6.19. The first-order chi connectivity index (χ1) is 8.47. The van der Waals surface area contributed by atoms with E-state index in [1.165, 1.54) is 25.0 Å². The lowest BCUT2D eigenvalue weighted by molar-refractivity contribution is -0.385. The van der Waals surface area contributed by atoms with Crippen LogP contribution in [0.5, 0.6) is 0 Å². The number of hydrogen-bond acceptors (Lipinski definition) is 3. The van der Waals surface area contributed by atoms with Crippen LogP contribution in [0.3, 0.4) is 0 Å². The summed E-state index contributed by atoms with van der Waals surface area (Å²) in [6, 6.07) is 3.98. The predicted molar refractivity (Wildman–Crippen MR) is 68.3 cm³/mol. The van der Waals surface area contributed by atoms with E-state index in [1.54, 1.807) is 0 Å². The standard InChI is InChI=1S/C13H17FN2O2/c1-9(2)15(8-10-3-4-10)12-5-11(14)6-13(7-12)16(17)18/h5-7,9-10H,3-4,8H2,1-2H3. The summed E-state index contributed by atoms with van der Waals surface area (Å²) in [4.78, 5) is 12.2. The van der Waals surface area contributed by atoms with Crippen molar-refractivity contribution < 1.29 is 9.31 Å². The van der Waals surface area contributed by atoms with Crippen molar-refractivity contribution in [1.82, 2.24) is 0 Å². The van der Waals surface area contributed by atoms with Crippen LogP contribution in [0.15, 0.2) is 18.2 Å². The van der Waals surface area contributed by atoms with E-state index < -0.39 is 10.7 Å². The second-order valence-electron chi connectivity index (χ2n) is 5.11. The summed E-state index contributed by atoms with van der Waals surface area (Å²) < 4.78 is 13.4. The summed E-state index contributed by atoms with van der Waals surface area (Å²) >= 11 is 0. The Morgan fingerprint density at radius 1 is 1.44 bits per heavy atom. The topological polar surface area (TPSA) is 46.4 Å². The van der Waals surface area contributed by atoms with E-state index in [4.69, 9.17) is 0 Å². The van der Waals surface area contributed by atoms with E-state index in [9.17, 15) is 14.5 Å². The summed E-state index contributed by atoms with van der Waals surface area (Å²) in [6.07, 6.45) is 2.39. The number of nitro groups is 1. The minimum atomic E-state index is -0.555. The predicted octanol–water partition coefficient (Wildman–Crippen LogP) is 3.36. The Hall–Kier alpha value is -1.65. The highest BCUT2D eigenvalue weighted by atomic mass is 19.1. The van der Waals surface area contributed by atoms with Gasteiger partial charge < -0.3 is 4.90 Å². The molecular formula is C13H17FN2O2. The molecule has 98 valence electrons. The van der Waals surface area contributed by atoms with Crippen LogP contribution in [0, 0.1) is 21.8 Å². The quantitative estimate of drug-likeness (QED) is 0.596. The van der Waals surface area contributed by atoms with Crippen molar-refractivity contribution in [3.8, 4) is 0 Å². The van der Waals surface area contributed by atoms with Crippen molar-refractivity contribution in [1.29, 1.82) is 0 Å². The zero-order valence-electron chi connectivity index (χ0n) is 10.6. The normalized spacial score (nSPS) is 14.9. The van der Waals surface area contributed by atoms with E-state index in [1.807, 2.05) is 18.7 Å². The SMILES string of the molecule is CC(C)N(CC1CC1)c1cc(F)cc([N+](=O)[O-])c1. The molecule has 0 saturated heterocycles. The molecule has 1 saturated carbocycles. The van der Waals surface area contributed by atoms with Crippen LogP contribution < -0.4 is 4.90 Å². The lowest BCUT2D eigenvalue weighted by atomic mass is 10.2. The third-order valence-electron chi connectivity index (χ3n) is 3.18. The third kappa shape index (κ3) is 2.97. The number of hydrogen-bond donors (Lipinski definition) is 0. The van der Waals surface area contributed by atoms with Gasteiger partial charge in [-0.2, -0.15) is 0 Å².